The Morgan fingerprint density at radius 3 is 2.43 bits per heavy atom. The molecule has 0 saturated heterocycles. The number of alkyl halides is 1. The molecule has 1 aliphatic carbocycles. The van der Waals surface area contributed by atoms with Gasteiger partial charge in [-0.05, 0) is 31.6 Å². The minimum Gasteiger partial charge on any atom is -0.356 e. The summed E-state index contributed by atoms with van der Waals surface area (Å²) in [6, 6.07) is 0. The number of halogens is 1. The van der Waals surface area contributed by atoms with Crippen LogP contribution in [-0.4, -0.2) is 17.8 Å². The van der Waals surface area contributed by atoms with Gasteiger partial charge in [0.15, 0.2) is 0 Å². The van der Waals surface area contributed by atoms with Crippen molar-refractivity contribution in [3.63, 3.8) is 0 Å². The summed E-state index contributed by atoms with van der Waals surface area (Å²) in [5, 5.41) is 3.35. The third-order valence-electron chi connectivity index (χ3n) is 2.87. The molecule has 82 valence electrons. The summed E-state index contributed by atoms with van der Waals surface area (Å²) in [5.74, 6) is 0.907. The molecule has 0 bridgehead atoms. The van der Waals surface area contributed by atoms with E-state index in [0.717, 1.165) is 32.2 Å². The summed E-state index contributed by atoms with van der Waals surface area (Å²) < 4.78 is 0. The maximum Gasteiger partial charge on any atom is 0.222 e. The number of hydrogen-bond donors (Lipinski definition) is 1. The second-order valence-corrected chi connectivity index (χ2v) is 5.14. The van der Waals surface area contributed by atoms with Crippen molar-refractivity contribution >= 4 is 17.5 Å². The zero-order chi connectivity index (χ0) is 10.6. The molecular weight excluding hydrogens is 198 g/mol. The highest BCUT2D eigenvalue weighted by Gasteiger charge is 2.20. The van der Waals surface area contributed by atoms with Crippen LogP contribution in [0.5, 0.6) is 0 Å². The Morgan fingerprint density at radius 1 is 1.36 bits per heavy atom. The molecule has 0 aromatic carbocycles. The van der Waals surface area contributed by atoms with Gasteiger partial charge in [0.1, 0.15) is 0 Å². The molecule has 1 aliphatic rings. The predicted octanol–water partition coefficient (Wildman–Crippen LogP) is 2.56. The maximum atomic E-state index is 11.3. The van der Waals surface area contributed by atoms with Crippen LogP contribution in [0.25, 0.3) is 0 Å². The molecule has 0 aromatic rings. The zero-order valence-corrected chi connectivity index (χ0v) is 9.81. The molecular formula is C11H20ClNO. The van der Waals surface area contributed by atoms with Gasteiger partial charge in [0, 0.05) is 17.8 Å². The van der Waals surface area contributed by atoms with E-state index in [-0.39, 0.29) is 11.8 Å². The van der Waals surface area contributed by atoms with E-state index in [9.17, 15) is 4.79 Å². The fraction of sp³-hybridized carbons (Fsp3) is 0.909. The molecule has 1 amide bonds. The van der Waals surface area contributed by atoms with E-state index in [1.807, 2.05) is 13.8 Å². The van der Waals surface area contributed by atoms with E-state index >= 15 is 0 Å². The number of carbonyl (C=O) groups excluding carboxylic acids is 1. The van der Waals surface area contributed by atoms with E-state index in [0.29, 0.717) is 11.3 Å². The summed E-state index contributed by atoms with van der Waals surface area (Å²) >= 11 is 6.01. The average molecular weight is 218 g/mol. The monoisotopic (exact) mass is 217 g/mol. The van der Waals surface area contributed by atoms with Gasteiger partial charge < -0.3 is 5.32 Å². The van der Waals surface area contributed by atoms with Crippen LogP contribution in [-0.2, 0) is 4.79 Å². The fourth-order valence-electron chi connectivity index (χ4n) is 1.77. The molecule has 1 saturated carbocycles. The van der Waals surface area contributed by atoms with Crippen molar-refractivity contribution in [2.75, 3.05) is 6.54 Å². The van der Waals surface area contributed by atoms with Crippen molar-refractivity contribution in [2.45, 2.75) is 44.9 Å². The Morgan fingerprint density at radius 2 is 1.93 bits per heavy atom. The lowest BCUT2D eigenvalue weighted by molar-refractivity contribution is -0.124. The number of rotatable bonds is 3. The number of amides is 1. The largest absolute Gasteiger partial charge is 0.356 e. The molecule has 1 rings (SSSR count). The standard InChI is InChI=1S/C11H20ClNO/c1-8(2)11(14)13-7-9-3-5-10(12)6-4-9/h8-10H,3-7H2,1-2H3,(H,13,14). The lowest BCUT2D eigenvalue weighted by Crippen LogP contribution is -2.33. The van der Waals surface area contributed by atoms with Gasteiger partial charge in [-0.15, -0.1) is 11.6 Å². The Balaban J connectivity index is 2.16. The average Bonchev–Trinajstić information content (AvgIpc) is 2.16. The van der Waals surface area contributed by atoms with Crippen molar-refractivity contribution in [1.82, 2.24) is 5.32 Å². The van der Waals surface area contributed by atoms with Crippen LogP contribution in [0, 0.1) is 11.8 Å². The number of carbonyl (C=O) groups is 1. The van der Waals surface area contributed by atoms with Crippen molar-refractivity contribution in [3.05, 3.63) is 0 Å². The Kier molecular flexibility index (Phi) is 4.73. The summed E-state index contributed by atoms with van der Waals surface area (Å²) in [4.78, 5) is 11.3. The van der Waals surface area contributed by atoms with Crippen LogP contribution in [0.15, 0.2) is 0 Å². The summed E-state index contributed by atoms with van der Waals surface area (Å²) in [5.41, 5.74) is 0. The van der Waals surface area contributed by atoms with E-state index in [4.69, 9.17) is 11.6 Å². The van der Waals surface area contributed by atoms with Gasteiger partial charge in [-0.3, -0.25) is 4.79 Å². The van der Waals surface area contributed by atoms with Gasteiger partial charge in [0.2, 0.25) is 5.91 Å². The second kappa shape index (κ2) is 5.59. The van der Waals surface area contributed by atoms with Crippen LogP contribution in [0.3, 0.4) is 0 Å². The molecule has 0 aliphatic heterocycles. The van der Waals surface area contributed by atoms with E-state index < -0.39 is 0 Å². The first-order valence-electron chi connectivity index (χ1n) is 5.51. The minimum absolute atomic E-state index is 0.0966. The Labute approximate surface area is 91.4 Å². The quantitative estimate of drug-likeness (QED) is 0.724. The summed E-state index contributed by atoms with van der Waals surface area (Å²) in [7, 11) is 0. The van der Waals surface area contributed by atoms with Crippen LogP contribution >= 0.6 is 11.6 Å². The summed E-state index contributed by atoms with van der Waals surface area (Å²) in [6.45, 7) is 4.68. The van der Waals surface area contributed by atoms with Crippen LogP contribution in [0.1, 0.15) is 39.5 Å². The van der Waals surface area contributed by atoms with E-state index in [1.165, 1.54) is 0 Å². The molecule has 14 heavy (non-hydrogen) atoms. The SMILES string of the molecule is CC(C)C(=O)NCC1CCC(Cl)CC1. The van der Waals surface area contributed by atoms with Crippen LogP contribution in [0.2, 0.25) is 0 Å². The highest BCUT2D eigenvalue weighted by atomic mass is 35.5. The molecule has 1 fully saturated rings. The molecule has 1 N–H and O–H groups in total. The molecule has 2 nitrogen and oxygen atoms in total. The molecule has 0 spiro atoms. The highest BCUT2D eigenvalue weighted by molar-refractivity contribution is 6.20. The van der Waals surface area contributed by atoms with Gasteiger partial charge in [-0.2, -0.15) is 0 Å². The van der Waals surface area contributed by atoms with Gasteiger partial charge in [0.25, 0.3) is 0 Å². The molecule has 0 heterocycles. The molecule has 0 aromatic heterocycles. The van der Waals surface area contributed by atoms with Crippen molar-refractivity contribution in [1.29, 1.82) is 0 Å². The first-order chi connectivity index (χ1) is 6.59. The van der Waals surface area contributed by atoms with Gasteiger partial charge >= 0.3 is 0 Å². The van der Waals surface area contributed by atoms with Crippen molar-refractivity contribution < 1.29 is 4.79 Å². The number of hydrogen-bond acceptors (Lipinski definition) is 1. The third kappa shape index (κ3) is 3.87. The molecule has 0 radical (unpaired) electrons. The smallest absolute Gasteiger partial charge is 0.222 e. The Bertz CT molecular complexity index is 186. The lowest BCUT2D eigenvalue weighted by Gasteiger charge is -2.25. The predicted molar refractivity (Wildman–Crippen MR) is 59.4 cm³/mol. The maximum absolute atomic E-state index is 11.3. The second-order valence-electron chi connectivity index (χ2n) is 4.52. The zero-order valence-electron chi connectivity index (χ0n) is 9.05. The van der Waals surface area contributed by atoms with Crippen molar-refractivity contribution in [2.24, 2.45) is 11.8 Å². The van der Waals surface area contributed by atoms with Crippen LogP contribution in [0.4, 0.5) is 0 Å². The first kappa shape index (κ1) is 11.8. The fourth-order valence-corrected chi connectivity index (χ4v) is 2.03. The van der Waals surface area contributed by atoms with Crippen LogP contribution < -0.4 is 5.32 Å². The highest BCUT2D eigenvalue weighted by Crippen LogP contribution is 2.26. The topological polar surface area (TPSA) is 29.1 Å². The first-order valence-corrected chi connectivity index (χ1v) is 5.95. The van der Waals surface area contributed by atoms with Gasteiger partial charge in [-0.25, -0.2) is 0 Å². The van der Waals surface area contributed by atoms with E-state index in [1.54, 1.807) is 0 Å². The van der Waals surface area contributed by atoms with Gasteiger partial charge in [-0.1, -0.05) is 13.8 Å². The summed E-state index contributed by atoms with van der Waals surface area (Å²) in [6.07, 6.45) is 4.52. The van der Waals surface area contributed by atoms with E-state index in [2.05, 4.69) is 5.32 Å². The van der Waals surface area contributed by atoms with Crippen molar-refractivity contribution in [3.8, 4) is 0 Å². The molecule has 0 atom stereocenters. The number of nitrogens with one attached hydrogen (secondary N) is 1. The normalized spacial score (nSPS) is 27.7. The Hall–Kier alpha value is -0.240. The molecule has 3 heteroatoms. The van der Waals surface area contributed by atoms with Gasteiger partial charge in [0.05, 0.1) is 0 Å². The third-order valence-corrected chi connectivity index (χ3v) is 3.30. The lowest BCUT2D eigenvalue weighted by atomic mass is 9.89. The molecule has 0 unspecified atom stereocenters. The minimum atomic E-state index is 0.0966.